The molecule has 0 atom stereocenters. The third-order valence-corrected chi connectivity index (χ3v) is 2.68. The Balaban J connectivity index is 2.51. The normalized spacial score (nSPS) is 10.7. The number of thioether (sulfide) groups is 1. The van der Waals surface area contributed by atoms with E-state index in [-0.39, 0.29) is 6.61 Å². The lowest BCUT2D eigenvalue weighted by Crippen LogP contribution is -2.03. The van der Waals surface area contributed by atoms with Gasteiger partial charge in [0.05, 0.1) is 5.69 Å². The van der Waals surface area contributed by atoms with Gasteiger partial charge in [-0.3, -0.25) is 0 Å². The molecule has 1 aromatic rings. The third kappa shape index (κ3) is 2.70. The van der Waals surface area contributed by atoms with Crippen LogP contribution in [0.5, 0.6) is 0 Å². The molecule has 1 N–H and O–H groups in total. The van der Waals surface area contributed by atoms with Crippen LogP contribution >= 0.6 is 11.8 Å². The number of aliphatic hydroxyl groups excluding tert-OH is 1. The second-order valence-corrected chi connectivity index (χ2v) is 3.63. The fraction of sp³-hybridized carbons (Fsp3) is 0.750. The lowest BCUT2D eigenvalue weighted by molar-refractivity contribution is 0.279. The minimum absolute atomic E-state index is 0.253. The highest BCUT2D eigenvalue weighted by atomic mass is 32.2. The number of unbranched alkanes of at least 4 members (excludes halogenated alkanes) is 1. The second-order valence-electron chi connectivity index (χ2n) is 2.84. The maximum absolute atomic E-state index is 8.62. The molecule has 0 spiro atoms. The van der Waals surface area contributed by atoms with Crippen molar-refractivity contribution < 1.29 is 5.11 Å². The largest absolute Gasteiger partial charge is 0.396 e. The topological polar surface area (TPSA) is 50.9 Å². The first-order valence-corrected chi connectivity index (χ1v) is 5.57. The highest BCUT2D eigenvalue weighted by Gasteiger charge is 2.05. The van der Waals surface area contributed by atoms with Gasteiger partial charge in [0.15, 0.2) is 0 Å². The van der Waals surface area contributed by atoms with Gasteiger partial charge in [0, 0.05) is 13.2 Å². The van der Waals surface area contributed by atoms with Gasteiger partial charge in [0.25, 0.3) is 0 Å². The van der Waals surface area contributed by atoms with E-state index < -0.39 is 0 Å². The summed E-state index contributed by atoms with van der Waals surface area (Å²) in [6.07, 6.45) is 3.78. The Labute approximate surface area is 82.3 Å². The SMILES string of the molecule is CSc1nnn(CCCCO)c1C. The highest BCUT2D eigenvalue weighted by molar-refractivity contribution is 7.98. The van der Waals surface area contributed by atoms with Crippen molar-refractivity contribution in [2.75, 3.05) is 12.9 Å². The van der Waals surface area contributed by atoms with Crippen LogP contribution in [0.4, 0.5) is 0 Å². The molecule has 0 radical (unpaired) electrons. The molecule has 0 saturated carbocycles. The van der Waals surface area contributed by atoms with Crippen molar-refractivity contribution in [3.63, 3.8) is 0 Å². The van der Waals surface area contributed by atoms with E-state index in [9.17, 15) is 0 Å². The van der Waals surface area contributed by atoms with Gasteiger partial charge >= 0.3 is 0 Å². The van der Waals surface area contributed by atoms with E-state index in [1.807, 2.05) is 17.9 Å². The van der Waals surface area contributed by atoms with Crippen LogP contribution in [0.3, 0.4) is 0 Å². The first-order chi connectivity index (χ1) is 6.29. The van der Waals surface area contributed by atoms with Gasteiger partial charge in [-0.1, -0.05) is 5.21 Å². The molecule has 1 aromatic heterocycles. The molecule has 0 aromatic carbocycles. The fourth-order valence-electron chi connectivity index (χ4n) is 1.12. The molecule has 5 heteroatoms. The van der Waals surface area contributed by atoms with Crippen LogP contribution in [-0.4, -0.2) is 33.0 Å². The monoisotopic (exact) mass is 201 g/mol. The number of hydrogen-bond donors (Lipinski definition) is 1. The van der Waals surface area contributed by atoms with Gasteiger partial charge in [-0.2, -0.15) is 0 Å². The van der Waals surface area contributed by atoms with Crippen molar-refractivity contribution in [3.05, 3.63) is 5.69 Å². The zero-order valence-corrected chi connectivity index (χ0v) is 8.84. The average molecular weight is 201 g/mol. The zero-order chi connectivity index (χ0) is 9.68. The summed E-state index contributed by atoms with van der Waals surface area (Å²) in [6.45, 7) is 3.12. The predicted molar refractivity (Wildman–Crippen MR) is 52.9 cm³/mol. The second kappa shape index (κ2) is 5.24. The smallest absolute Gasteiger partial charge is 0.141 e. The van der Waals surface area contributed by atoms with E-state index in [0.717, 1.165) is 30.1 Å². The lowest BCUT2D eigenvalue weighted by Gasteiger charge is -2.01. The fourth-order valence-corrected chi connectivity index (χ4v) is 1.64. The van der Waals surface area contributed by atoms with Gasteiger partial charge in [-0.05, 0) is 26.0 Å². The van der Waals surface area contributed by atoms with Gasteiger partial charge < -0.3 is 5.11 Å². The van der Waals surface area contributed by atoms with Gasteiger partial charge in [0.2, 0.25) is 0 Å². The standard InChI is InChI=1S/C8H15N3OS/c1-7-8(13-2)9-10-11(7)5-3-4-6-12/h12H,3-6H2,1-2H3. The molecule has 1 heterocycles. The van der Waals surface area contributed by atoms with Crippen LogP contribution in [-0.2, 0) is 6.54 Å². The number of aromatic nitrogens is 3. The Morgan fingerprint density at radius 1 is 1.46 bits per heavy atom. The molecule has 13 heavy (non-hydrogen) atoms. The summed E-state index contributed by atoms with van der Waals surface area (Å²) >= 11 is 1.61. The van der Waals surface area contributed by atoms with Crippen LogP contribution < -0.4 is 0 Å². The predicted octanol–water partition coefficient (Wildman–Crippen LogP) is 1.08. The van der Waals surface area contributed by atoms with E-state index in [2.05, 4.69) is 10.3 Å². The summed E-state index contributed by atoms with van der Waals surface area (Å²) in [6, 6.07) is 0. The summed E-state index contributed by atoms with van der Waals surface area (Å²) in [5.41, 5.74) is 1.12. The van der Waals surface area contributed by atoms with E-state index in [0.29, 0.717) is 0 Å². The summed E-state index contributed by atoms with van der Waals surface area (Å²) in [4.78, 5) is 0. The minimum atomic E-state index is 0.253. The number of hydrogen-bond acceptors (Lipinski definition) is 4. The molecule has 4 nitrogen and oxygen atoms in total. The Morgan fingerprint density at radius 3 is 2.77 bits per heavy atom. The lowest BCUT2D eigenvalue weighted by atomic mass is 10.3. The molecule has 0 bridgehead atoms. The molecule has 0 unspecified atom stereocenters. The van der Waals surface area contributed by atoms with Crippen LogP contribution in [0.25, 0.3) is 0 Å². The molecule has 74 valence electrons. The zero-order valence-electron chi connectivity index (χ0n) is 8.03. The molecule has 0 aliphatic heterocycles. The maximum atomic E-state index is 8.62. The number of aryl methyl sites for hydroxylation is 1. The minimum Gasteiger partial charge on any atom is -0.396 e. The summed E-state index contributed by atoms with van der Waals surface area (Å²) in [7, 11) is 0. The van der Waals surface area contributed by atoms with Crippen LogP contribution in [0.15, 0.2) is 5.03 Å². The van der Waals surface area contributed by atoms with E-state index in [1.54, 1.807) is 11.8 Å². The van der Waals surface area contributed by atoms with Crippen molar-refractivity contribution >= 4 is 11.8 Å². The molecule has 0 saturated heterocycles. The van der Waals surface area contributed by atoms with Crippen LogP contribution in [0, 0.1) is 6.92 Å². The molecule has 0 aliphatic carbocycles. The van der Waals surface area contributed by atoms with Crippen molar-refractivity contribution in [3.8, 4) is 0 Å². The summed E-state index contributed by atoms with van der Waals surface area (Å²) < 4.78 is 1.89. The molecule has 1 rings (SSSR count). The van der Waals surface area contributed by atoms with Crippen molar-refractivity contribution in [1.82, 2.24) is 15.0 Å². The maximum Gasteiger partial charge on any atom is 0.141 e. The third-order valence-electron chi connectivity index (χ3n) is 1.91. The Bertz CT molecular complexity index is 262. The van der Waals surface area contributed by atoms with Crippen LogP contribution in [0.2, 0.25) is 0 Å². The van der Waals surface area contributed by atoms with Crippen LogP contribution in [0.1, 0.15) is 18.5 Å². The molecule has 0 fully saturated rings. The molecular formula is C8H15N3OS. The number of nitrogens with zero attached hydrogens (tertiary/aromatic N) is 3. The Morgan fingerprint density at radius 2 is 2.23 bits per heavy atom. The van der Waals surface area contributed by atoms with Gasteiger partial charge in [0.1, 0.15) is 5.03 Å². The van der Waals surface area contributed by atoms with E-state index >= 15 is 0 Å². The quantitative estimate of drug-likeness (QED) is 0.572. The van der Waals surface area contributed by atoms with E-state index in [4.69, 9.17) is 5.11 Å². The molecule has 0 amide bonds. The van der Waals surface area contributed by atoms with Gasteiger partial charge in [-0.15, -0.1) is 16.9 Å². The Kier molecular flexibility index (Phi) is 4.24. The molecular weight excluding hydrogens is 186 g/mol. The summed E-state index contributed by atoms with van der Waals surface area (Å²) in [5, 5.41) is 17.7. The van der Waals surface area contributed by atoms with E-state index in [1.165, 1.54) is 0 Å². The number of rotatable bonds is 5. The van der Waals surface area contributed by atoms with Crippen molar-refractivity contribution in [2.45, 2.75) is 31.3 Å². The highest BCUT2D eigenvalue weighted by Crippen LogP contribution is 2.15. The van der Waals surface area contributed by atoms with Gasteiger partial charge in [-0.25, -0.2) is 4.68 Å². The Hall–Kier alpha value is -0.550. The first-order valence-electron chi connectivity index (χ1n) is 4.34. The molecule has 0 aliphatic rings. The summed E-state index contributed by atoms with van der Waals surface area (Å²) in [5.74, 6) is 0. The average Bonchev–Trinajstić information content (AvgIpc) is 2.48. The van der Waals surface area contributed by atoms with Crippen molar-refractivity contribution in [2.24, 2.45) is 0 Å². The number of aliphatic hydroxyl groups is 1. The first kappa shape index (κ1) is 10.5. The van der Waals surface area contributed by atoms with Crippen molar-refractivity contribution in [1.29, 1.82) is 0 Å².